The second-order valence-corrected chi connectivity index (χ2v) is 5.80. The summed E-state index contributed by atoms with van der Waals surface area (Å²) in [4.78, 5) is 26.1. The lowest BCUT2D eigenvalue weighted by atomic mass is 10.2. The van der Waals surface area contributed by atoms with Gasteiger partial charge in [0.2, 0.25) is 11.8 Å². The van der Waals surface area contributed by atoms with Crippen LogP contribution in [0.1, 0.15) is 6.42 Å². The molecule has 2 aromatic rings. The van der Waals surface area contributed by atoms with E-state index in [0.29, 0.717) is 6.42 Å². The minimum absolute atomic E-state index is 0.133. The maximum Gasteiger partial charge on any atom is 0.230 e. The van der Waals surface area contributed by atoms with Gasteiger partial charge in [0.1, 0.15) is 0 Å². The van der Waals surface area contributed by atoms with Crippen LogP contribution in [-0.4, -0.2) is 18.9 Å². The summed E-state index contributed by atoms with van der Waals surface area (Å²) in [7, 11) is 1.67. The minimum atomic E-state index is -1.03. The molecule has 1 aliphatic carbocycles. The van der Waals surface area contributed by atoms with Crippen molar-refractivity contribution in [1.82, 2.24) is 0 Å². The third kappa shape index (κ3) is 3.27. The summed E-state index contributed by atoms with van der Waals surface area (Å²) < 4.78 is 26.0. The van der Waals surface area contributed by atoms with Crippen LogP contribution in [0.5, 0.6) is 0 Å². The number of carbonyl (C=O) groups is 2. The first-order valence-electron chi connectivity index (χ1n) is 7.56. The van der Waals surface area contributed by atoms with E-state index in [9.17, 15) is 18.4 Å². The summed E-state index contributed by atoms with van der Waals surface area (Å²) in [6, 6.07) is 12.3. The molecular formula is C18H16F2N2O2. The quantitative estimate of drug-likeness (QED) is 0.936. The lowest BCUT2D eigenvalue weighted by molar-refractivity contribution is -0.123. The number of nitrogens with zero attached hydrogens (tertiary/aromatic N) is 1. The molecule has 2 aromatic carbocycles. The van der Waals surface area contributed by atoms with Crippen molar-refractivity contribution in [2.75, 3.05) is 17.3 Å². The van der Waals surface area contributed by atoms with Crippen molar-refractivity contribution in [2.45, 2.75) is 6.42 Å². The molecule has 1 aliphatic rings. The van der Waals surface area contributed by atoms with Gasteiger partial charge >= 0.3 is 0 Å². The fourth-order valence-corrected chi connectivity index (χ4v) is 2.59. The van der Waals surface area contributed by atoms with Gasteiger partial charge in [0.15, 0.2) is 11.6 Å². The van der Waals surface area contributed by atoms with Crippen molar-refractivity contribution in [3.8, 4) is 0 Å². The van der Waals surface area contributed by atoms with E-state index in [1.807, 2.05) is 30.3 Å². The average molecular weight is 330 g/mol. The van der Waals surface area contributed by atoms with Gasteiger partial charge in [-0.25, -0.2) is 8.78 Å². The molecule has 0 bridgehead atoms. The summed E-state index contributed by atoms with van der Waals surface area (Å²) in [6.45, 7) is 0. The first-order valence-corrected chi connectivity index (χ1v) is 7.56. The number of hydrogen-bond acceptors (Lipinski definition) is 2. The van der Waals surface area contributed by atoms with E-state index >= 15 is 0 Å². The highest BCUT2D eigenvalue weighted by atomic mass is 19.2. The Morgan fingerprint density at radius 1 is 1.04 bits per heavy atom. The van der Waals surface area contributed by atoms with Crippen molar-refractivity contribution >= 4 is 23.2 Å². The number of para-hydroxylation sites is 1. The van der Waals surface area contributed by atoms with Crippen LogP contribution in [0.4, 0.5) is 20.2 Å². The Morgan fingerprint density at radius 2 is 1.75 bits per heavy atom. The number of halogens is 2. The summed E-state index contributed by atoms with van der Waals surface area (Å²) in [6.07, 6.45) is 0.450. The van der Waals surface area contributed by atoms with Gasteiger partial charge in [-0.05, 0) is 30.7 Å². The van der Waals surface area contributed by atoms with Crippen LogP contribution in [0.2, 0.25) is 0 Å². The number of hydrogen-bond donors (Lipinski definition) is 1. The van der Waals surface area contributed by atoms with Crippen LogP contribution in [-0.2, 0) is 9.59 Å². The van der Waals surface area contributed by atoms with Crippen molar-refractivity contribution in [2.24, 2.45) is 11.8 Å². The molecule has 2 unspecified atom stereocenters. The van der Waals surface area contributed by atoms with Crippen molar-refractivity contribution in [1.29, 1.82) is 0 Å². The lowest BCUT2D eigenvalue weighted by Gasteiger charge is -2.17. The van der Waals surface area contributed by atoms with Crippen LogP contribution in [0.25, 0.3) is 0 Å². The third-order valence-corrected chi connectivity index (χ3v) is 4.11. The fourth-order valence-electron chi connectivity index (χ4n) is 2.59. The molecule has 0 aliphatic heterocycles. The molecule has 0 aromatic heterocycles. The Balaban J connectivity index is 1.61. The summed E-state index contributed by atoms with van der Waals surface area (Å²) in [5.41, 5.74) is 0.933. The molecule has 1 saturated carbocycles. The first-order chi connectivity index (χ1) is 11.5. The molecule has 2 amide bonds. The van der Waals surface area contributed by atoms with Crippen LogP contribution in [0, 0.1) is 23.5 Å². The Hall–Kier alpha value is -2.76. The monoisotopic (exact) mass is 330 g/mol. The molecule has 3 rings (SSSR count). The molecular weight excluding hydrogens is 314 g/mol. The van der Waals surface area contributed by atoms with Crippen LogP contribution in [0.15, 0.2) is 48.5 Å². The highest BCUT2D eigenvalue weighted by Gasteiger charge is 2.49. The van der Waals surface area contributed by atoms with Crippen molar-refractivity contribution in [3.63, 3.8) is 0 Å². The maximum absolute atomic E-state index is 13.2. The zero-order valence-corrected chi connectivity index (χ0v) is 13.0. The van der Waals surface area contributed by atoms with Gasteiger partial charge in [0.05, 0.1) is 11.8 Å². The van der Waals surface area contributed by atoms with Crippen LogP contribution < -0.4 is 10.2 Å². The Morgan fingerprint density at radius 3 is 2.42 bits per heavy atom. The minimum Gasteiger partial charge on any atom is -0.326 e. The molecule has 0 radical (unpaired) electrons. The molecule has 124 valence electrons. The van der Waals surface area contributed by atoms with Gasteiger partial charge in [-0.1, -0.05) is 18.2 Å². The number of amides is 2. The van der Waals surface area contributed by atoms with E-state index in [0.717, 1.165) is 17.8 Å². The molecule has 0 saturated heterocycles. The van der Waals surface area contributed by atoms with E-state index < -0.39 is 17.6 Å². The number of anilines is 2. The Kier molecular flexibility index (Phi) is 4.29. The van der Waals surface area contributed by atoms with Crippen LogP contribution >= 0.6 is 0 Å². The van der Waals surface area contributed by atoms with Gasteiger partial charge < -0.3 is 10.2 Å². The molecule has 4 nitrogen and oxygen atoms in total. The van der Waals surface area contributed by atoms with Gasteiger partial charge in [-0.2, -0.15) is 0 Å². The van der Waals surface area contributed by atoms with E-state index in [1.165, 1.54) is 11.0 Å². The highest BCUT2D eigenvalue weighted by Crippen LogP contribution is 2.41. The summed E-state index contributed by atoms with van der Waals surface area (Å²) >= 11 is 0. The average Bonchev–Trinajstić information content (AvgIpc) is 3.38. The number of rotatable bonds is 4. The zero-order valence-electron chi connectivity index (χ0n) is 13.0. The smallest absolute Gasteiger partial charge is 0.230 e. The van der Waals surface area contributed by atoms with Crippen molar-refractivity contribution in [3.05, 3.63) is 60.2 Å². The molecule has 0 heterocycles. The topological polar surface area (TPSA) is 49.4 Å². The van der Waals surface area contributed by atoms with Gasteiger partial charge in [0, 0.05) is 24.5 Å². The number of benzene rings is 2. The van der Waals surface area contributed by atoms with E-state index in [1.54, 1.807) is 7.05 Å². The first kappa shape index (κ1) is 16.1. The second kappa shape index (κ2) is 6.39. The fraction of sp³-hybridized carbons (Fsp3) is 0.222. The third-order valence-electron chi connectivity index (χ3n) is 4.11. The molecule has 24 heavy (non-hydrogen) atoms. The summed E-state index contributed by atoms with van der Waals surface area (Å²) in [5.74, 6) is -3.33. The Labute approximate surface area is 138 Å². The number of carbonyl (C=O) groups excluding carboxylic acids is 2. The molecule has 0 spiro atoms. The van der Waals surface area contributed by atoms with E-state index in [-0.39, 0.29) is 23.4 Å². The second-order valence-electron chi connectivity index (χ2n) is 5.80. The Bertz CT molecular complexity index is 780. The predicted octanol–water partition coefficient (Wildman–Crippen LogP) is 3.20. The molecule has 2 atom stereocenters. The molecule has 1 fully saturated rings. The maximum atomic E-state index is 13.2. The van der Waals surface area contributed by atoms with Gasteiger partial charge in [0.25, 0.3) is 0 Å². The number of nitrogens with one attached hydrogen (secondary N) is 1. The summed E-state index contributed by atoms with van der Waals surface area (Å²) in [5, 5.41) is 2.52. The van der Waals surface area contributed by atoms with Gasteiger partial charge in [-0.15, -0.1) is 0 Å². The molecule has 1 N–H and O–H groups in total. The van der Waals surface area contributed by atoms with E-state index in [2.05, 4.69) is 5.32 Å². The zero-order chi connectivity index (χ0) is 17.3. The van der Waals surface area contributed by atoms with Crippen molar-refractivity contribution < 1.29 is 18.4 Å². The van der Waals surface area contributed by atoms with Crippen LogP contribution in [0.3, 0.4) is 0 Å². The standard InChI is InChI=1S/C18H16F2N2O2/c1-22(12-5-3-2-4-6-12)18(24)14-10-13(14)17(23)21-11-7-8-15(19)16(20)9-11/h2-9,13-14H,10H2,1H3,(H,21,23). The normalized spacial score (nSPS) is 18.8. The lowest BCUT2D eigenvalue weighted by Crippen LogP contribution is -2.29. The highest BCUT2D eigenvalue weighted by molar-refractivity contribution is 6.04. The van der Waals surface area contributed by atoms with Gasteiger partial charge in [-0.3, -0.25) is 9.59 Å². The van der Waals surface area contributed by atoms with E-state index in [4.69, 9.17) is 0 Å². The predicted molar refractivity (Wildman–Crippen MR) is 86.4 cm³/mol. The SMILES string of the molecule is CN(C(=O)C1CC1C(=O)Nc1ccc(F)c(F)c1)c1ccccc1. The largest absolute Gasteiger partial charge is 0.326 e. The molecule has 6 heteroatoms.